The van der Waals surface area contributed by atoms with E-state index in [9.17, 15) is 4.79 Å². The van der Waals surface area contributed by atoms with E-state index in [4.69, 9.17) is 10.00 Å². The number of anilines is 1. The maximum atomic E-state index is 11.8. The van der Waals surface area contributed by atoms with Gasteiger partial charge in [0.1, 0.15) is 12.3 Å². The van der Waals surface area contributed by atoms with Crippen LogP contribution in [0.5, 0.6) is 5.75 Å². The first-order valence-electron chi connectivity index (χ1n) is 6.05. The van der Waals surface area contributed by atoms with Gasteiger partial charge in [-0.05, 0) is 25.1 Å². The molecule has 3 rings (SSSR count). The molecule has 0 atom stereocenters. The summed E-state index contributed by atoms with van der Waals surface area (Å²) in [7, 11) is 0. The molecule has 5 nitrogen and oxygen atoms in total. The van der Waals surface area contributed by atoms with Gasteiger partial charge in [0.15, 0.2) is 6.61 Å². The van der Waals surface area contributed by atoms with Crippen LogP contribution >= 0.6 is 11.3 Å². The summed E-state index contributed by atoms with van der Waals surface area (Å²) < 4.78 is 5.39. The average molecular weight is 285 g/mol. The number of nitrogens with zero attached hydrogens (tertiary/aromatic N) is 3. The lowest BCUT2D eigenvalue weighted by molar-refractivity contribution is -0.121. The first kappa shape index (κ1) is 12.6. The number of fused-ring (bicyclic) bond motifs is 1. The zero-order chi connectivity index (χ0) is 14.1. The molecule has 1 aliphatic rings. The average Bonchev–Trinajstić information content (AvgIpc) is 2.88. The zero-order valence-electron chi connectivity index (χ0n) is 10.8. The molecule has 0 radical (unpaired) electrons. The number of amides is 1. The lowest BCUT2D eigenvalue weighted by atomic mass is 10.1. The second-order valence-corrected chi connectivity index (χ2v) is 5.42. The number of carbonyl (C=O) groups is 1. The van der Waals surface area contributed by atoms with Crippen LogP contribution in [0.4, 0.5) is 5.69 Å². The van der Waals surface area contributed by atoms with Crippen molar-refractivity contribution in [3.05, 3.63) is 28.6 Å². The van der Waals surface area contributed by atoms with E-state index < -0.39 is 0 Å². The molecular weight excluding hydrogens is 274 g/mol. The van der Waals surface area contributed by atoms with Gasteiger partial charge in [0.25, 0.3) is 5.91 Å². The molecule has 1 amide bonds. The van der Waals surface area contributed by atoms with Gasteiger partial charge in [0.05, 0.1) is 22.5 Å². The van der Waals surface area contributed by atoms with Gasteiger partial charge >= 0.3 is 0 Å². The molecule has 0 N–H and O–H groups in total. The van der Waals surface area contributed by atoms with Crippen LogP contribution in [0.25, 0.3) is 11.3 Å². The molecule has 100 valence electrons. The van der Waals surface area contributed by atoms with E-state index in [1.54, 1.807) is 11.3 Å². The Morgan fingerprint density at radius 2 is 2.40 bits per heavy atom. The number of aryl methyl sites for hydroxylation is 1. The van der Waals surface area contributed by atoms with Crippen LogP contribution in [0.2, 0.25) is 0 Å². The van der Waals surface area contributed by atoms with Crippen molar-refractivity contribution in [2.75, 3.05) is 18.1 Å². The molecule has 6 heteroatoms. The molecule has 0 aliphatic carbocycles. The lowest BCUT2D eigenvalue weighted by Gasteiger charge is -2.27. The number of carbonyl (C=O) groups excluding carboxylic acids is 1. The monoisotopic (exact) mass is 285 g/mol. The van der Waals surface area contributed by atoms with E-state index in [2.05, 4.69) is 4.98 Å². The molecule has 2 aromatic rings. The van der Waals surface area contributed by atoms with Crippen molar-refractivity contribution in [1.29, 1.82) is 5.26 Å². The number of nitriles is 1. The predicted octanol–water partition coefficient (Wildman–Crippen LogP) is 2.37. The molecule has 0 spiro atoms. The van der Waals surface area contributed by atoms with Gasteiger partial charge in [-0.1, -0.05) is 0 Å². The normalized spacial score (nSPS) is 13.6. The van der Waals surface area contributed by atoms with Gasteiger partial charge in [-0.3, -0.25) is 9.69 Å². The summed E-state index contributed by atoms with van der Waals surface area (Å²) in [5.41, 5.74) is 2.41. The molecule has 0 bridgehead atoms. The SMILES string of the molecule is Cc1nc(-c2ccc3c(c2)N(CC#N)C(=O)CO3)cs1. The smallest absolute Gasteiger partial charge is 0.265 e. The molecule has 2 heterocycles. The minimum absolute atomic E-state index is 0.0226. The Labute approximate surface area is 120 Å². The summed E-state index contributed by atoms with van der Waals surface area (Å²) in [5.74, 6) is 0.418. The Kier molecular flexibility index (Phi) is 3.12. The van der Waals surface area contributed by atoms with Gasteiger partial charge in [-0.15, -0.1) is 11.3 Å². The highest BCUT2D eigenvalue weighted by atomic mass is 32.1. The molecule has 0 saturated heterocycles. The largest absolute Gasteiger partial charge is 0.482 e. The molecule has 0 unspecified atom stereocenters. The minimum Gasteiger partial charge on any atom is -0.482 e. The van der Waals surface area contributed by atoms with Crippen LogP contribution in [-0.4, -0.2) is 24.0 Å². The fourth-order valence-electron chi connectivity index (χ4n) is 2.10. The van der Waals surface area contributed by atoms with Crippen molar-refractivity contribution in [2.45, 2.75) is 6.92 Å². The van der Waals surface area contributed by atoms with Gasteiger partial charge in [0.2, 0.25) is 0 Å². The molecular formula is C14H11N3O2S. The van der Waals surface area contributed by atoms with Gasteiger partial charge < -0.3 is 4.74 Å². The number of aromatic nitrogens is 1. The van der Waals surface area contributed by atoms with Gasteiger partial charge in [-0.25, -0.2) is 4.98 Å². The van der Waals surface area contributed by atoms with E-state index in [0.29, 0.717) is 11.4 Å². The molecule has 1 aromatic heterocycles. The Balaban J connectivity index is 2.06. The first-order chi connectivity index (χ1) is 9.69. The van der Waals surface area contributed by atoms with Crippen molar-refractivity contribution >= 4 is 22.9 Å². The summed E-state index contributed by atoms with van der Waals surface area (Å²) in [6.07, 6.45) is 0. The van der Waals surface area contributed by atoms with Crippen molar-refractivity contribution < 1.29 is 9.53 Å². The van der Waals surface area contributed by atoms with Crippen molar-refractivity contribution in [3.63, 3.8) is 0 Å². The van der Waals surface area contributed by atoms with Crippen LogP contribution < -0.4 is 9.64 Å². The maximum Gasteiger partial charge on any atom is 0.265 e. The quantitative estimate of drug-likeness (QED) is 0.794. The minimum atomic E-state index is -0.203. The van der Waals surface area contributed by atoms with E-state index in [0.717, 1.165) is 16.3 Å². The number of rotatable bonds is 2. The maximum absolute atomic E-state index is 11.8. The highest BCUT2D eigenvalue weighted by molar-refractivity contribution is 7.09. The highest BCUT2D eigenvalue weighted by Crippen LogP contribution is 2.36. The first-order valence-corrected chi connectivity index (χ1v) is 6.93. The molecule has 1 aromatic carbocycles. The fraction of sp³-hybridized carbons (Fsp3) is 0.214. The summed E-state index contributed by atoms with van der Waals surface area (Å²) in [4.78, 5) is 17.7. The number of hydrogen-bond donors (Lipinski definition) is 0. The van der Waals surface area contributed by atoms with Crippen molar-refractivity contribution in [1.82, 2.24) is 4.98 Å². The highest BCUT2D eigenvalue weighted by Gasteiger charge is 2.25. The Hall–Kier alpha value is -2.39. The standard InChI is InChI=1S/C14H11N3O2S/c1-9-16-11(8-20-9)10-2-3-13-12(6-10)17(5-4-15)14(18)7-19-13/h2-3,6,8H,5,7H2,1H3. The molecule has 0 saturated carbocycles. The van der Waals surface area contributed by atoms with Crippen LogP contribution in [-0.2, 0) is 4.79 Å². The van der Waals surface area contributed by atoms with Crippen LogP contribution in [0.15, 0.2) is 23.6 Å². The zero-order valence-corrected chi connectivity index (χ0v) is 11.6. The van der Waals surface area contributed by atoms with E-state index >= 15 is 0 Å². The third-order valence-corrected chi connectivity index (χ3v) is 3.82. The number of hydrogen-bond acceptors (Lipinski definition) is 5. The molecule has 0 fully saturated rings. The predicted molar refractivity (Wildman–Crippen MR) is 75.7 cm³/mol. The van der Waals surface area contributed by atoms with Crippen LogP contribution in [0, 0.1) is 18.3 Å². The summed E-state index contributed by atoms with van der Waals surface area (Å²) in [6.45, 7) is 1.94. The summed E-state index contributed by atoms with van der Waals surface area (Å²) in [6, 6.07) is 7.58. The van der Waals surface area contributed by atoms with E-state index in [-0.39, 0.29) is 19.1 Å². The number of benzene rings is 1. The molecule has 20 heavy (non-hydrogen) atoms. The van der Waals surface area contributed by atoms with Gasteiger partial charge in [0, 0.05) is 10.9 Å². The second kappa shape index (κ2) is 4.94. The number of ether oxygens (including phenoxy) is 1. The van der Waals surface area contributed by atoms with Crippen LogP contribution in [0.1, 0.15) is 5.01 Å². The Morgan fingerprint density at radius 1 is 1.55 bits per heavy atom. The summed E-state index contributed by atoms with van der Waals surface area (Å²) in [5, 5.41) is 11.8. The van der Waals surface area contributed by atoms with Crippen molar-refractivity contribution in [2.24, 2.45) is 0 Å². The third kappa shape index (κ3) is 2.12. The Bertz CT molecular complexity index is 717. The third-order valence-electron chi connectivity index (χ3n) is 3.05. The Morgan fingerprint density at radius 3 is 3.10 bits per heavy atom. The topological polar surface area (TPSA) is 66.2 Å². The van der Waals surface area contributed by atoms with E-state index in [1.807, 2.05) is 36.6 Å². The molecule has 1 aliphatic heterocycles. The van der Waals surface area contributed by atoms with E-state index in [1.165, 1.54) is 4.90 Å². The lowest BCUT2D eigenvalue weighted by Crippen LogP contribution is -2.39. The fourth-order valence-corrected chi connectivity index (χ4v) is 2.72. The van der Waals surface area contributed by atoms with Crippen LogP contribution in [0.3, 0.4) is 0 Å². The second-order valence-electron chi connectivity index (χ2n) is 4.36. The number of thiazole rings is 1. The van der Waals surface area contributed by atoms with Gasteiger partial charge in [-0.2, -0.15) is 5.26 Å². The summed E-state index contributed by atoms with van der Waals surface area (Å²) >= 11 is 1.57. The van der Waals surface area contributed by atoms with Crippen molar-refractivity contribution in [3.8, 4) is 23.1 Å².